The second kappa shape index (κ2) is 4.80. The zero-order chi connectivity index (χ0) is 14.9. The molecule has 4 bridgehead atoms. The van der Waals surface area contributed by atoms with Gasteiger partial charge in [-0.2, -0.15) is 0 Å². The number of hydrogen-bond donors (Lipinski definition) is 0. The molecule has 1 aromatic heterocycles. The topological polar surface area (TPSA) is 38.9 Å². The molecule has 0 N–H and O–H groups in total. The Balaban J connectivity index is 1.32. The molecule has 0 unspecified atom stereocenters. The Morgan fingerprint density at radius 3 is 2.14 bits per heavy atom. The molecule has 1 aromatic rings. The molecular formula is C16H20Cl2N2OS. The summed E-state index contributed by atoms with van der Waals surface area (Å²) in [6.45, 7) is 0. The first kappa shape index (κ1) is 14.4. The van der Waals surface area contributed by atoms with E-state index in [-0.39, 0.29) is 5.41 Å². The molecule has 0 amide bonds. The van der Waals surface area contributed by atoms with Crippen molar-refractivity contribution in [1.82, 2.24) is 10.2 Å². The fourth-order valence-corrected chi connectivity index (χ4v) is 7.17. The number of alkyl halides is 2. The van der Waals surface area contributed by atoms with Crippen LogP contribution in [-0.4, -0.2) is 20.3 Å². The summed E-state index contributed by atoms with van der Waals surface area (Å²) in [4.78, 5) is 0. The van der Waals surface area contributed by atoms with Gasteiger partial charge in [-0.15, -0.1) is 33.4 Å². The molecule has 1 atom stereocenters. The van der Waals surface area contributed by atoms with Gasteiger partial charge in [-0.3, -0.25) is 0 Å². The molecular weight excluding hydrogens is 339 g/mol. The standard InChI is InChI=1S/C16H20Cl2N2OS/c17-16(18)7-12(16)8-22-14-20-19-13(21-14)15-4-9-1-10(5-15)3-11(2-9)6-15/h9-12H,1-8H2/t9?,10?,11?,12-,15?/m1/s1. The van der Waals surface area contributed by atoms with Gasteiger partial charge in [0.2, 0.25) is 5.89 Å². The van der Waals surface area contributed by atoms with Crippen LogP contribution in [0.15, 0.2) is 9.64 Å². The van der Waals surface area contributed by atoms with Gasteiger partial charge in [-0.1, -0.05) is 11.8 Å². The van der Waals surface area contributed by atoms with E-state index in [1.165, 1.54) is 38.5 Å². The van der Waals surface area contributed by atoms with Crippen molar-refractivity contribution in [2.45, 2.75) is 59.9 Å². The zero-order valence-electron chi connectivity index (χ0n) is 12.4. The van der Waals surface area contributed by atoms with Gasteiger partial charge in [0.15, 0.2) is 0 Å². The average molecular weight is 359 g/mol. The van der Waals surface area contributed by atoms with E-state index >= 15 is 0 Å². The molecule has 0 saturated heterocycles. The minimum atomic E-state index is -0.518. The summed E-state index contributed by atoms with van der Waals surface area (Å²) in [5.41, 5.74) is 0.197. The molecule has 5 saturated carbocycles. The lowest BCUT2D eigenvalue weighted by molar-refractivity contribution is -0.0191. The second-order valence-electron chi connectivity index (χ2n) is 8.04. The molecule has 5 aliphatic carbocycles. The van der Waals surface area contributed by atoms with Crippen molar-refractivity contribution in [2.24, 2.45) is 23.7 Å². The van der Waals surface area contributed by atoms with Crippen LogP contribution < -0.4 is 0 Å². The Bertz CT molecular complexity index is 567. The lowest BCUT2D eigenvalue weighted by atomic mass is 9.49. The quantitative estimate of drug-likeness (QED) is 0.571. The summed E-state index contributed by atoms with van der Waals surface area (Å²) < 4.78 is 5.55. The van der Waals surface area contributed by atoms with Crippen molar-refractivity contribution in [2.75, 3.05) is 5.75 Å². The maximum absolute atomic E-state index is 6.07. The fourth-order valence-electron chi connectivity index (χ4n) is 5.48. The van der Waals surface area contributed by atoms with E-state index in [0.29, 0.717) is 11.1 Å². The van der Waals surface area contributed by atoms with Crippen LogP contribution >= 0.6 is 35.0 Å². The van der Waals surface area contributed by atoms with Crippen molar-refractivity contribution >= 4 is 35.0 Å². The van der Waals surface area contributed by atoms with Crippen LogP contribution in [0.25, 0.3) is 0 Å². The average Bonchev–Trinajstić information content (AvgIpc) is 2.84. The summed E-state index contributed by atoms with van der Waals surface area (Å²) in [7, 11) is 0. The van der Waals surface area contributed by atoms with Gasteiger partial charge in [-0.05, 0) is 62.7 Å². The first-order valence-electron chi connectivity index (χ1n) is 8.37. The van der Waals surface area contributed by atoms with Crippen LogP contribution in [-0.2, 0) is 5.41 Å². The normalized spacial score (nSPS) is 44.5. The van der Waals surface area contributed by atoms with Crippen molar-refractivity contribution in [1.29, 1.82) is 0 Å². The molecule has 0 aliphatic heterocycles. The number of hydrogen-bond acceptors (Lipinski definition) is 4. The van der Waals surface area contributed by atoms with Gasteiger partial charge in [0.25, 0.3) is 5.22 Å². The summed E-state index contributed by atoms with van der Waals surface area (Å²) >= 11 is 13.8. The number of aromatic nitrogens is 2. The van der Waals surface area contributed by atoms with Crippen LogP contribution in [0.1, 0.15) is 50.8 Å². The van der Waals surface area contributed by atoms with Crippen molar-refractivity contribution in [3.63, 3.8) is 0 Å². The molecule has 5 fully saturated rings. The number of rotatable bonds is 4. The van der Waals surface area contributed by atoms with E-state index in [1.54, 1.807) is 11.8 Å². The third-order valence-corrected chi connectivity index (χ3v) is 8.17. The summed E-state index contributed by atoms with van der Waals surface area (Å²) in [6, 6.07) is 0. The van der Waals surface area contributed by atoms with Crippen molar-refractivity contribution in [3.05, 3.63) is 5.89 Å². The first-order valence-corrected chi connectivity index (χ1v) is 10.1. The van der Waals surface area contributed by atoms with Gasteiger partial charge >= 0.3 is 0 Å². The molecule has 0 spiro atoms. The van der Waals surface area contributed by atoms with Crippen molar-refractivity contribution < 1.29 is 4.42 Å². The maximum Gasteiger partial charge on any atom is 0.276 e. The second-order valence-corrected chi connectivity index (χ2v) is 10.6. The number of halogens is 2. The van der Waals surface area contributed by atoms with Crippen LogP contribution in [0.3, 0.4) is 0 Å². The summed E-state index contributed by atoms with van der Waals surface area (Å²) in [5, 5.41) is 9.41. The molecule has 1 heterocycles. The third kappa shape index (κ3) is 2.32. The Morgan fingerprint density at radius 1 is 1.00 bits per heavy atom. The van der Waals surface area contributed by atoms with Gasteiger partial charge < -0.3 is 4.42 Å². The minimum Gasteiger partial charge on any atom is -0.415 e. The number of nitrogens with zero attached hydrogens (tertiary/aromatic N) is 2. The van der Waals surface area contributed by atoms with E-state index in [9.17, 15) is 0 Å². The molecule has 0 radical (unpaired) electrons. The summed E-state index contributed by atoms with van der Waals surface area (Å²) in [5.74, 6) is 4.83. The third-order valence-electron chi connectivity index (χ3n) is 6.26. The van der Waals surface area contributed by atoms with E-state index in [1.807, 2.05) is 0 Å². The van der Waals surface area contributed by atoms with Gasteiger partial charge in [0.1, 0.15) is 4.33 Å². The lowest BCUT2D eigenvalue weighted by Gasteiger charge is -2.55. The Morgan fingerprint density at radius 2 is 1.59 bits per heavy atom. The minimum absolute atomic E-state index is 0.197. The van der Waals surface area contributed by atoms with Crippen LogP contribution in [0.4, 0.5) is 0 Å². The van der Waals surface area contributed by atoms with Crippen LogP contribution in [0.5, 0.6) is 0 Å². The highest BCUT2D eigenvalue weighted by Crippen LogP contribution is 2.60. The van der Waals surface area contributed by atoms with Gasteiger partial charge in [-0.25, -0.2) is 0 Å². The van der Waals surface area contributed by atoms with E-state index in [4.69, 9.17) is 27.6 Å². The first-order chi connectivity index (χ1) is 10.5. The number of thioether (sulfide) groups is 1. The highest BCUT2D eigenvalue weighted by Gasteiger charge is 2.54. The maximum atomic E-state index is 6.07. The molecule has 6 rings (SSSR count). The SMILES string of the molecule is ClC1(Cl)C[C@@H]1CSc1nnc(C23CC4CC(CC(C4)C2)C3)o1. The molecule has 6 heteroatoms. The van der Waals surface area contributed by atoms with Gasteiger partial charge in [0.05, 0.1) is 0 Å². The Labute approximate surface area is 144 Å². The van der Waals surface area contributed by atoms with Crippen molar-refractivity contribution in [3.8, 4) is 0 Å². The monoisotopic (exact) mass is 358 g/mol. The Hall–Kier alpha value is 0.0700. The molecule has 3 nitrogen and oxygen atoms in total. The largest absolute Gasteiger partial charge is 0.415 e. The lowest BCUT2D eigenvalue weighted by Crippen LogP contribution is -2.48. The molecule has 5 aliphatic rings. The highest BCUT2D eigenvalue weighted by molar-refractivity contribution is 7.99. The smallest absolute Gasteiger partial charge is 0.276 e. The molecule has 22 heavy (non-hydrogen) atoms. The predicted molar refractivity (Wildman–Crippen MR) is 87.4 cm³/mol. The van der Waals surface area contributed by atoms with E-state index in [0.717, 1.165) is 35.8 Å². The predicted octanol–water partition coefficient (Wildman–Crippen LogP) is 4.82. The summed E-state index contributed by atoms with van der Waals surface area (Å²) in [6.07, 6.45) is 8.97. The van der Waals surface area contributed by atoms with Crippen LogP contribution in [0.2, 0.25) is 0 Å². The Kier molecular flexibility index (Phi) is 3.14. The molecule has 0 aromatic carbocycles. The van der Waals surface area contributed by atoms with Crippen LogP contribution in [0, 0.1) is 23.7 Å². The van der Waals surface area contributed by atoms with Gasteiger partial charge in [0, 0.05) is 17.1 Å². The zero-order valence-corrected chi connectivity index (χ0v) is 14.8. The van der Waals surface area contributed by atoms with E-state index in [2.05, 4.69) is 10.2 Å². The molecule has 120 valence electrons. The highest BCUT2D eigenvalue weighted by atomic mass is 35.5. The fraction of sp³-hybridized carbons (Fsp3) is 0.875. The van der Waals surface area contributed by atoms with E-state index < -0.39 is 4.33 Å².